The molecule has 4 rings (SSSR count). The summed E-state index contributed by atoms with van der Waals surface area (Å²) >= 11 is 0. The van der Waals surface area contributed by atoms with Crippen molar-refractivity contribution in [2.24, 2.45) is 0 Å². The second-order valence-corrected chi connectivity index (χ2v) is 7.23. The Morgan fingerprint density at radius 2 is 1.88 bits per heavy atom. The fraction of sp³-hybridized carbons (Fsp3) is 0.450. The van der Waals surface area contributed by atoms with Crippen molar-refractivity contribution in [3.8, 4) is 0 Å². The zero-order valence-electron chi connectivity index (χ0n) is 15.4. The molecule has 0 aliphatic carbocycles. The maximum absolute atomic E-state index is 12.8. The molecule has 1 spiro atoms. The average Bonchev–Trinajstić information content (AvgIpc) is 2.63. The highest BCUT2D eigenvalue weighted by atomic mass is 16.2. The summed E-state index contributed by atoms with van der Waals surface area (Å²) < 4.78 is 0. The summed E-state index contributed by atoms with van der Waals surface area (Å²) in [5.74, 6) is 1.96. The lowest BCUT2D eigenvalue weighted by Gasteiger charge is -2.44. The van der Waals surface area contributed by atoms with Crippen molar-refractivity contribution in [2.75, 3.05) is 28.6 Å². The third-order valence-corrected chi connectivity index (χ3v) is 5.29. The van der Waals surface area contributed by atoms with Crippen molar-refractivity contribution in [2.45, 2.75) is 45.1 Å². The van der Waals surface area contributed by atoms with E-state index in [1.807, 2.05) is 37.3 Å². The number of piperidine rings is 1. The maximum Gasteiger partial charge on any atom is 0.250 e. The molecule has 1 aromatic heterocycles. The number of nitrogens with zero attached hydrogens (tertiary/aromatic N) is 3. The first-order chi connectivity index (χ1) is 12.6. The van der Waals surface area contributed by atoms with Crippen molar-refractivity contribution < 1.29 is 4.79 Å². The second-order valence-electron chi connectivity index (χ2n) is 7.23. The van der Waals surface area contributed by atoms with Crippen molar-refractivity contribution in [1.29, 1.82) is 0 Å². The highest BCUT2D eigenvalue weighted by molar-refractivity contribution is 6.06. The van der Waals surface area contributed by atoms with Crippen LogP contribution < -0.4 is 15.5 Å². The summed E-state index contributed by atoms with van der Waals surface area (Å²) in [5.41, 5.74) is 2.34. The molecule has 6 nitrogen and oxygen atoms in total. The molecular weight excluding hydrogens is 326 g/mol. The Bertz CT molecular complexity index is 827. The number of amides is 1. The SMILES string of the molecule is CCCc1nc(C)cc(N2CCC3(CC2)Nc2ccccc2NC3=O)n1. The van der Waals surface area contributed by atoms with Gasteiger partial charge < -0.3 is 15.5 Å². The van der Waals surface area contributed by atoms with E-state index in [1.165, 1.54) is 0 Å². The fourth-order valence-electron chi connectivity index (χ4n) is 3.84. The topological polar surface area (TPSA) is 70.2 Å². The van der Waals surface area contributed by atoms with Crippen LogP contribution >= 0.6 is 0 Å². The van der Waals surface area contributed by atoms with Crippen LogP contribution in [-0.2, 0) is 11.2 Å². The predicted molar refractivity (Wildman–Crippen MR) is 104 cm³/mol. The molecule has 0 atom stereocenters. The lowest BCUT2D eigenvalue weighted by Crippen LogP contribution is -2.58. The number of anilines is 3. The van der Waals surface area contributed by atoms with Crippen molar-refractivity contribution in [1.82, 2.24) is 9.97 Å². The quantitative estimate of drug-likeness (QED) is 0.889. The highest BCUT2D eigenvalue weighted by Crippen LogP contribution is 2.37. The maximum atomic E-state index is 12.8. The van der Waals surface area contributed by atoms with Crippen LogP contribution in [0.25, 0.3) is 0 Å². The number of aryl methyl sites for hydroxylation is 2. The molecule has 6 heteroatoms. The van der Waals surface area contributed by atoms with Gasteiger partial charge in [0, 0.05) is 31.3 Å². The predicted octanol–water partition coefficient (Wildman–Crippen LogP) is 3.14. The number of benzene rings is 1. The number of hydrogen-bond acceptors (Lipinski definition) is 5. The van der Waals surface area contributed by atoms with Crippen LogP contribution in [0.5, 0.6) is 0 Å². The van der Waals surface area contributed by atoms with Crippen molar-refractivity contribution in [3.05, 3.63) is 41.9 Å². The number of hydrogen-bond donors (Lipinski definition) is 2. The van der Waals surface area contributed by atoms with Gasteiger partial charge in [-0.05, 0) is 38.3 Å². The molecule has 0 unspecified atom stereocenters. The standard InChI is InChI=1S/C20H25N5O/c1-3-6-17-21-14(2)13-18(23-17)25-11-9-20(10-12-25)19(26)22-15-7-4-5-8-16(15)24-20/h4-5,7-8,13,24H,3,6,9-12H2,1-2H3,(H,22,26). The van der Waals surface area contributed by atoms with Crippen LogP contribution in [-0.4, -0.2) is 34.5 Å². The lowest BCUT2D eigenvalue weighted by molar-refractivity contribution is -0.121. The number of aromatic nitrogens is 2. The van der Waals surface area contributed by atoms with E-state index in [2.05, 4.69) is 27.4 Å². The highest BCUT2D eigenvalue weighted by Gasteiger charge is 2.44. The van der Waals surface area contributed by atoms with E-state index < -0.39 is 5.54 Å². The summed E-state index contributed by atoms with van der Waals surface area (Å²) in [6.45, 7) is 5.75. The van der Waals surface area contributed by atoms with Crippen molar-refractivity contribution in [3.63, 3.8) is 0 Å². The Hall–Kier alpha value is -2.63. The minimum Gasteiger partial charge on any atom is -0.369 e. The number of carbonyl (C=O) groups excluding carboxylic acids is 1. The van der Waals surface area contributed by atoms with Gasteiger partial charge in [0.05, 0.1) is 11.4 Å². The summed E-state index contributed by atoms with van der Waals surface area (Å²) in [5, 5.41) is 6.57. The minimum absolute atomic E-state index is 0.0707. The van der Waals surface area contributed by atoms with Crippen molar-refractivity contribution >= 4 is 23.1 Å². The van der Waals surface area contributed by atoms with Gasteiger partial charge in [-0.15, -0.1) is 0 Å². The first kappa shape index (κ1) is 16.8. The largest absolute Gasteiger partial charge is 0.369 e. The third kappa shape index (κ3) is 3.00. The lowest BCUT2D eigenvalue weighted by atomic mass is 9.84. The smallest absolute Gasteiger partial charge is 0.250 e. The second kappa shape index (κ2) is 6.59. The Kier molecular flexibility index (Phi) is 4.26. The summed E-state index contributed by atoms with van der Waals surface area (Å²) in [6, 6.07) is 9.92. The molecule has 1 fully saturated rings. The number of rotatable bonds is 3. The van der Waals surface area contributed by atoms with Crippen LogP contribution in [0.2, 0.25) is 0 Å². The fourth-order valence-corrected chi connectivity index (χ4v) is 3.84. The number of carbonyl (C=O) groups is 1. The summed E-state index contributed by atoms with van der Waals surface area (Å²) in [7, 11) is 0. The van der Waals surface area contributed by atoms with E-state index in [9.17, 15) is 4.79 Å². The van der Waals surface area contributed by atoms with Gasteiger partial charge in [0.1, 0.15) is 17.2 Å². The van der Waals surface area contributed by atoms with E-state index in [1.54, 1.807) is 0 Å². The zero-order chi connectivity index (χ0) is 18.1. The number of nitrogens with one attached hydrogen (secondary N) is 2. The van der Waals surface area contributed by atoms with Crippen LogP contribution in [0.3, 0.4) is 0 Å². The van der Waals surface area contributed by atoms with Gasteiger partial charge in [-0.25, -0.2) is 9.97 Å². The molecule has 1 amide bonds. The van der Waals surface area contributed by atoms with Crippen LogP contribution in [0, 0.1) is 6.92 Å². The molecule has 1 aromatic carbocycles. The number of para-hydroxylation sites is 2. The molecule has 0 saturated carbocycles. The van der Waals surface area contributed by atoms with Gasteiger partial charge in [0.2, 0.25) is 5.91 Å². The zero-order valence-corrected chi connectivity index (χ0v) is 15.4. The Morgan fingerprint density at radius 3 is 2.62 bits per heavy atom. The minimum atomic E-state index is -0.529. The molecule has 2 aliphatic rings. The van der Waals surface area contributed by atoms with E-state index >= 15 is 0 Å². The third-order valence-electron chi connectivity index (χ3n) is 5.29. The van der Waals surface area contributed by atoms with Gasteiger partial charge in [-0.3, -0.25) is 4.79 Å². The van der Waals surface area contributed by atoms with Gasteiger partial charge in [-0.1, -0.05) is 19.1 Å². The Morgan fingerprint density at radius 1 is 1.15 bits per heavy atom. The summed E-state index contributed by atoms with van der Waals surface area (Å²) in [4.78, 5) is 24.3. The first-order valence-corrected chi connectivity index (χ1v) is 9.38. The molecule has 0 bridgehead atoms. The Labute approximate surface area is 154 Å². The molecular formula is C20H25N5O. The van der Waals surface area contributed by atoms with Gasteiger partial charge in [0.15, 0.2) is 0 Å². The molecule has 2 aliphatic heterocycles. The van der Waals surface area contributed by atoms with Crippen LogP contribution in [0.15, 0.2) is 30.3 Å². The van der Waals surface area contributed by atoms with E-state index in [4.69, 9.17) is 4.98 Å². The van der Waals surface area contributed by atoms with Crippen LogP contribution in [0.1, 0.15) is 37.7 Å². The normalized spacial score (nSPS) is 18.2. The monoisotopic (exact) mass is 351 g/mol. The number of fused-ring (bicyclic) bond motifs is 1. The molecule has 136 valence electrons. The summed E-state index contributed by atoms with van der Waals surface area (Å²) in [6.07, 6.45) is 3.43. The molecule has 1 saturated heterocycles. The van der Waals surface area contributed by atoms with Gasteiger partial charge in [-0.2, -0.15) is 0 Å². The van der Waals surface area contributed by atoms with E-state index in [-0.39, 0.29) is 5.91 Å². The molecule has 2 N–H and O–H groups in total. The van der Waals surface area contributed by atoms with Crippen LogP contribution in [0.4, 0.5) is 17.2 Å². The molecule has 0 radical (unpaired) electrons. The average molecular weight is 351 g/mol. The molecule has 3 heterocycles. The molecule has 26 heavy (non-hydrogen) atoms. The molecule has 2 aromatic rings. The first-order valence-electron chi connectivity index (χ1n) is 9.38. The van der Waals surface area contributed by atoms with E-state index in [0.29, 0.717) is 0 Å². The Balaban J connectivity index is 1.52. The van der Waals surface area contributed by atoms with E-state index in [0.717, 1.165) is 67.5 Å². The van der Waals surface area contributed by atoms with Gasteiger partial charge >= 0.3 is 0 Å². The van der Waals surface area contributed by atoms with Gasteiger partial charge in [0.25, 0.3) is 0 Å².